The highest BCUT2D eigenvalue weighted by atomic mass is 16.5. The summed E-state index contributed by atoms with van der Waals surface area (Å²) in [4.78, 5) is 2.31. The predicted molar refractivity (Wildman–Crippen MR) is 41.0 cm³/mol. The van der Waals surface area contributed by atoms with E-state index in [1.807, 2.05) is 6.07 Å². The van der Waals surface area contributed by atoms with Gasteiger partial charge in [0.15, 0.2) is 5.76 Å². The highest BCUT2D eigenvalue weighted by Crippen LogP contribution is 2.26. The van der Waals surface area contributed by atoms with E-state index in [1.54, 1.807) is 6.20 Å². The van der Waals surface area contributed by atoms with Gasteiger partial charge in [-0.25, -0.2) is 0 Å². The zero-order chi connectivity index (χ0) is 7.68. The molecule has 1 aromatic rings. The predicted octanol–water partition coefficient (Wildman–Crippen LogP) is 1.27. The van der Waals surface area contributed by atoms with Crippen LogP contribution in [0.15, 0.2) is 16.8 Å². The summed E-state index contributed by atoms with van der Waals surface area (Å²) in [6.07, 6.45) is 4.37. The molecule has 0 aromatic carbocycles. The van der Waals surface area contributed by atoms with Crippen LogP contribution < -0.4 is 0 Å². The molecule has 1 aromatic heterocycles. The minimum absolute atomic E-state index is 0.792. The molecule has 0 amide bonds. The van der Waals surface area contributed by atoms with Crippen molar-refractivity contribution in [1.82, 2.24) is 10.1 Å². The molecule has 0 bridgehead atoms. The Labute approximate surface area is 66.0 Å². The Hall–Kier alpha value is -0.830. The minimum atomic E-state index is 0.792. The molecule has 1 saturated carbocycles. The molecule has 0 aliphatic heterocycles. The first-order valence-corrected chi connectivity index (χ1v) is 3.96. The lowest BCUT2D eigenvalue weighted by Gasteiger charge is -2.12. The lowest BCUT2D eigenvalue weighted by atomic mass is 10.4. The third-order valence-electron chi connectivity index (χ3n) is 2.07. The fourth-order valence-electron chi connectivity index (χ4n) is 1.21. The lowest BCUT2D eigenvalue weighted by molar-refractivity contribution is 0.265. The molecular weight excluding hydrogens is 140 g/mol. The second-order valence-corrected chi connectivity index (χ2v) is 3.13. The van der Waals surface area contributed by atoms with Crippen LogP contribution in [-0.4, -0.2) is 23.1 Å². The van der Waals surface area contributed by atoms with Crippen molar-refractivity contribution in [1.29, 1.82) is 0 Å². The van der Waals surface area contributed by atoms with Gasteiger partial charge in [-0.15, -0.1) is 0 Å². The van der Waals surface area contributed by atoms with Crippen molar-refractivity contribution in [2.24, 2.45) is 0 Å². The molecule has 0 saturated heterocycles. The Morgan fingerprint density at radius 2 is 2.55 bits per heavy atom. The Morgan fingerprint density at radius 1 is 1.73 bits per heavy atom. The van der Waals surface area contributed by atoms with E-state index >= 15 is 0 Å². The van der Waals surface area contributed by atoms with Crippen LogP contribution >= 0.6 is 0 Å². The summed E-state index contributed by atoms with van der Waals surface area (Å²) in [7, 11) is 2.13. The van der Waals surface area contributed by atoms with Crippen molar-refractivity contribution in [2.75, 3.05) is 7.05 Å². The summed E-state index contributed by atoms with van der Waals surface area (Å²) in [5.41, 5.74) is 0. The molecule has 0 N–H and O–H groups in total. The number of rotatable bonds is 3. The summed E-state index contributed by atoms with van der Waals surface area (Å²) in [5.74, 6) is 0.958. The topological polar surface area (TPSA) is 29.3 Å². The number of nitrogens with zero attached hydrogens (tertiary/aromatic N) is 2. The molecule has 0 unspecified atom stereocenters. The highest BCUT2D eigenvalue weighted by molar-refractivity contribution is 4.94. The molecule has 2 rings (SSSR count). The maximum Gasteiger partial charge on any atom is 0.150 e. The van der Waals surface area contributed by atoms with Crippen LogP contribution in [0.4, 0.5) is 0 Å². The van der Waals surface area contributed by atoms with E-state index < -0.39 is 0 Å². The largest absolute Gasteiger partial charge is 0.360 e. The normalized spacial score (nSPS) is 17.6. The van der Waals surface area contributed by atoms with Crippen LogP contribution in [0.1, 0.15) is 18.6 Å². The first-order valence-electron chi connectivity index (χ1n) is 3.96. The van der Waals surface area contributed by atoms with Gasteiger partial charge in [-0.05, 0) is 19.9 Å². The molecule has 0 spiro atoms. The van der Waals surface area contributed by atoms with Gasteiger partial charge in [0.1, 0.15) is 0 Å². The van der Waals surface area contributed by atoms with Gasteiger partial charge in [0.25, 0.3) is 0 Å². The Kier molecular flexibility index (Phi) is 1.66. The van der Waals surface area contributed by atoms with Gasteiger partial charge in [0.05, 0.1) is 12.7 Å². The van der Waals surface area contributed by atoms with E-state index in [9.17, 15) is 0 Å². The van der Waals surface area contributed by atoms with Gasteiger partial charge in [0, 0.05) is 12.1 Å². The van der Waals surface area contributed by atoms with Crippen molar-refractivity contribution in [3.63, 3.8) is 0 Å². The molecule has 1 heterocycles. The van der Waals surface area contributed by atoms with E-state index in [-0.39, 0.29) is 0 Å². The molecule has 0 radical (unpaired) electrons. The molecule has 1 fully saturated rings. The SMILES string of the molecule is CN(Cc1ccno1)C1CC1. The second kappa shape index (κ2) is 2.66. The van der Waals surface area contributed by atoms with E-state index in [0.717, 1.165) is 18.3 Å². The fourth-order valence-corrected chi connectivity index (χ4v) is 1.21. The van der Waals surface area contributed by atoms with Crippen molar-refractivity contribution in [3.05, 3.63) is 18.0 Å². The molecule has 11 heavy (non-hydrogen) atoms. The van der Waals surface area contributed by atoms with Crippen LogP contribution in [-0.2, 0) is 6.54 Å². The van der Waals surface area contributed by atoms with Crippen LogP contribution in [0.5, 0.6) is 0 Å². The second-order valence-electron chi connectivity index (χ2n) is 3.13. The van der Waals surface area contributed by atoms with Gasteiger partial charge < -0.3 is 4.52 Å². The summed E-state index contributed by atoms with van der Waals surface area (Å²) in [5, 5.41) is 3.65. The molecule has 0 atom stereocenters. The number of hydrogen-bond donors (Lipinski definition) is 0. The van der Waals surface area contributed by atoms with E-state index in [4.69, 9.17) is 4.52 Å². The summed E-state index contributed by atoms with van der Waals surface area (Å²) < 4.78 is 4.99. The third-order valence-corrected chi connectivity index (χ3v) is 2.07. The first kappa shape index (κ1) is 6.85. The number of aromatic nitrogens is 1. The highest BCUT2D eigenvalue weighted by Gasteiger charge is 2.26. The smallest absolute Gasteiger partial charge is 0.150 e. The maximum atomic E-state index is 4.99. The minimum Gasteiger partial charge on any atom is -0.360 e. The molecule has 1 aliphatic rings. The van der Waals surface area contributed by atoms with Crippen molar-refractivity contribution < 1.29 is 4.52 Å². The quantitative estimate of drug-likeness (QED) is 0.653. The first-order chi connectivity index (χ1) is 5.36. The third kappa shape index (κ3) is 1.60. The van der Waals surface area contributed by atoms with Crippen LogP contribution in [0.2, 0.25) is 0 Å². The average Bonchev–Trinajstić information content (AvgIpc) is 2.73. The van der Waals surface area contributed by atoms with Crippen molar-refractivity contribution >= 4 is 0 Å². The van der Waals surface area contributed by atoms with Gasteiger partial charge in [-0.2, -0.15) is 0 Å². The zero-order valence-corrected chi connectivity index (χ0v) is 6.66. The van der Waals surface area contributed by atoms with Gasteiger partial charge in [-0.1, -0.05) is 5.16 Å². The molecule has 60 valence electrons. The average molecular weight is 152 g/mol. The van der Waals surface area contributed by atoms with Crippen LogP contribution in [0, 0.1) is 0 Å². The van der Waals surface area contributed by atoms with Crippen LogP contribution in [0.3, 0.4) is 0 Å². The summed E-state index contributed by atoms with van der Waals surface area (Å²) in [6, 6.07) is 2.71. The van der Waals surface area contributed by atoms with Gasteiger partial charge in [-0.3, -0.25) is 4.90 Å². The molecule has 3 nitrogen and oxygen atoms in total. The van der Waals surface area contributed by atoms with Crippen molar-refractivity contribution in [3.8, 4) is 0 Å². The Balaban J connectivity index is 1.89. The van der Waals surface area contributed by atoms with Gasteiger partial charge in [0.2, 0.25) is 0 Å². The summed E-state index contributed by atoms with van der Waals surface area (Å²) >= 11 is 0. The molecular formula is C8H12N2O. The standard InChI is InChI=1S/C8H12N2O/c1-10(7-2-3-7)6-8-4-5-9-11-8/h4-5,7H,2-3,6H2,1H3. The van der Waals surface area contributed by atoms with Crippen LogP contribution in [0.25, 0.3) is 0 Å². The Morgan fingerprint density at radius 3 is 3.09 bits per heavy atom. The van der Waals surface area contributed by atoms with Gasteiger partial charge >= 0.3 is 0 Å². The Bertz CT molecular complexity index is 216. The zero-order valence-electron chi connectivity index (χ0n) is 6.66. The lowest BCUT2D eigenvalue weighted by Crippen LogP contribution is -2.19. The van der Waals surface area contributed by atoms with Crippen molar-refractivity contribution in [2.45, 2.75) is 25.4 Å². The fraction of sp³-hybridized carbons (Fsp3) is 0.625. The summed E-state index contributed by atoms with van der Waals surface area (Å²) in [6.45, 7) is 0.894. The maximum absolute atomic E-state index is 4.99. The van der Waals surface area contributed by atoms with E-state index in [2.05, 4.69) is 17.1 Å². The molecule has 1 aliphatic carbocycles. The number of hydrogen-bond acceptors (Lipinski definition) is 3. The monoisotopic (exact) mass is 152 g/mol. The van der Waals surface area contributed by atoms with E-state index in [1.165, 1.54) is 12.8 Å². The van der Waals surface area contributed by atoms with E-state index in [0.29, 0.717) is 0 Å². The molecule has 3 heteroatoms.